The number of likely N-dealkylation sites (tertiary alicyclic amines) is 1. The van der Waals surface area contributed by atoms with Crippen LogP contribution >= 0.6 is 0 Å². The van der Waals surface area contributed by atoms with Crippen molar-refractivity contribution in [1.29, 1.82) is 0 Å². The highest BCUT2D eigenvalue weighted by atomic mass is 16.5. The molecule has 1 fully saturated rings. The Labute approximate surface area is 223 Å². The van der Waals surface area contributed by atoms with Gasteiger partial charge in [-0.15, -0.1) is 15.3 Å². The Morgan fingerprint density at radius 1 is 1.05 bits per heavy atom. The van der Waals surface area contributed by atoms with Crippen LogP contribution in [0.15, 0.2) is 53.2 Å². The Morgan fingerprint density at radius 2 is 1.87 bits per heavy atom. The Kier molecular flexibility index (Phi) is 6.86. The molecular weight excluding hydrogens is 502 g/mol. The molecule has 0 radical (unpaired) electrons. The number of carbonyl (C=O) groups is 1. The van der Waals surface area contributed by atoms with Crippen LogP contribution in [-0.4, -0.2) is 74.2 Å². The van der Waals surface area contributed by atoms with Crippen molar-refractivity contribution < 1.29 is 23.5 Å². The van der Waals surface area contributed by atoms with Crippen LogP contribution in [0.3, 0.4) is 0 Å². The van der Waals surface area contributed by atoms with E-state index in [-0.39, 0.29) is 25.2 Å². The van der Waals surface area contributed by atoms with Gasteiger partial charge in [-0.25, -0.2) is 0 Å². The van der Waals surface area contributed by atoms with Gasteiger partial charge in [0.15, 0.2) is 17.1 Å². The number of methoxy groups -OCH3 is 2. The summed E-state index contributed by atoms with van der Waals surface area (Å²) in [6.45, 7) is 1.81. The topological polar surface area (TPSA) is 130 Å². The number of nitrogens with zero attached hydrogens (tertiary/aromatic N) is 7. The number of carbonyl (C=O) groups excluding carboxylic acids is 1. The van der Waals surface area contributed by atoms with Crippen LogP contribution in [0.5, 0.6) is 5.88 Å². The molecule has 5 heterocycles. The summed E-state index contributed by atoms with van der Waals surface area (Å²) in [6.07, 6.45) is 3.49. The summed E-state index contributed by atoms with van der Waals surface area (Å²) in [5.41, 5.74) is 2.27. The van der Waals surface area contributed by atoms with Gasteiger partial charge < -0.3 is 23.6 Å². The maximum atomic E-state index is 12.9. The lowest BCUT2D eigenvalue weighted by atomic mass is 10.1. The summed E-state index contributed by atoms with van der Waals surface area (Å²) in [6, 6.07) is 13.0. The second kappa shape index (κ2) is 10.8. The van der Waals surface area contributed by atoms with Gasteiger partial charge in [-0.05, 0) is 31.0 Å². The summed E-state index contributed by atoms with van der Waals surface area (Å²) in [4.78, 5) is 19.2. The average molecular weight is 530 g/mol. The number of hydrogen-bond donors (Lipinski definition) is 0. The number of benzene rings is 1. The molecular formula is C27H27N7O5. The van der Waals surface area contributed by atoms with Crippen molar-refractivity contribution in [3.63, 3.8) is 0 Å². The molecule has 0 saturated carbocycles. The highest BCUT2D eigenvalue weighted by molar-refractivity contribution is 5.97. The molecule has 1 saturated heterocycles. The van der Waals surface area contributed by atoms with E-state index in [1.807, 2.05) is 29.2 Å². The lowest BCUT2D eigenvalue weighted by Gasteiger charge is -2.31. The van der Waals surface area contributed by atoms with E-state index in [1.165, 1.54) is 0 Å². The van der Waals surface area contributed by atoms with Crippen LogP contribution < -0.4 is 4.74 Å². The van der Waals surface area contributed by atoms with Gasteiger partial charge >= 0.3 is 0 Å². The maximum Gasteiger partial charge on any atom is 0.255 e. The van der Waals surface area contributed by atoms with Crippen molar-refractivity contribution >= 4 is 22.3 Å². The van der Waals surface area contributed by atoms with Gasteiger partial charge in [-0.1, -0.05) is 23.4 Å². The summed E-state index contributed by atoms with van der Waals surface area (Å²) in [7, 11) is 3.29. The molecule has 0 atom stereocenters. The molecule has 39 heavy (non-hydrogen) atoms. The first-order chi connectivity index (χ1) is 19.1. The number of hydrogen-bond acceptors (Lipinski definition) is 10. The third-order valence-corrected chi connectivity index (χ3v) is 6.80. The second-order valence-electron chi connectivity index (χ2n) is 9.28. The molecule has 4 aromatic heterocycles. The quantitative estimate of drug-likeness (QED) is 0.295. The summed E-state index contributed by atoms with van der Waals surface area (Å²) < 4.78 is 23.6. The van der Waals surface area contributed by atoms with Crippen molar-refractivity contribution in [2.45, 2.75) is 32.2 Å². The fourth-order valence-electron chi connectivity index (χ4n) is 4.70. The Bertz CT molecular complexity index is 1610. The van der Waals surface area contributed by atoms with E-state index >= 15 is 0 Å². The largest absolute Gasteiger partial charge is 0.470 e. The van der Waals surface area contributed by atoms with Gasteiger partial charge in [0.05, 0.1) is 17.4 Å². The molecule has 0 N–H and O–H groups in total. The minimum absolute atomic E-state index is 0.0238. The van der Waals surface area contributed by atoms with E-state index < -0.39 is 0 Å². The van der Waals surface area contributed by atoms with E-state index in [2.05, 4.69) is 25.4 Å². The first-order valence-corrected chi connectivity index (χ1v) is 12.6. The third-order valence-electron chi connectivity index (χ3n) is 6.80. The predicted octanol–water partition coefficient (Wildman–Crippen LogP) is 3.30. The molecule has 0 unspecified atom stereocenters. The fourth-order valence-corrected chi connectivity index (χ4v) is 4.70. The summed E-state index contributed by atoms with van der Waals surface area (Å²) >= 11 is 0. The third kappa shape index (κ3) is 4.91. The van der Waals surface area contributed by atoms with Gasteiger partial charge in [-0.3, -0.25) is 9.78 Å². The molecule has 0 bridgehead atoms. The van der Waals surface area contributed by atoms with Gasteiger partial charge in [0, 0.05) is 50.3 Å². The summed E-state index contributed by atoms with van der Waals surface area (Å²) in [5.74, 6) is 1.35. The van der Waals surface area contributed by atoms with Crippen LogP contribution in [0.2, 0.25) is 0 Å². The zero-order valence-electron chi connectivity index (χ0n) is 21.6. The molecule has 1 aliphatic rings. The van der Waals surface area contributed by atoms with Gasteiger partial charge in [0.2, 0.25) is 11.7 Å². The van der Waals surface area contributed by atoms with E-state index in [0.29, 0.717) is 53.2 Å². The van der Waals surface area contributed by atoms with Crippen molar-refractivity contribution in [3.05, 3.63) is 65.7 Å². The van der Waals surface area contributed by atoms with Crippen LogP contribution in [0.4, 0.5) is 0 Å². The molecule has 1 aliphatic heterocycles. The SMILES string of the molecule is COCc1cc(-c2nnc3c4ccccc4c(OCc4ccc(C(=O)N5CCC(OC)CC5)cn4)nn23)no1. The van der Waals surface area contributed by atoms with E-state index in [0.717, 1.165) is 23.6 Å². The predicted molar refractivity (Wildman–Crippen MR) is 139 cm³/mol. The van der Waals surface area contributed by atoms with Crippen LogP contribution in [0.25, 0.3) is 27.9 Å². The van der Waals surface area contributed by atoms with E-state index in [4.69, 9.17) is 18.7 Å². The smallest absolute Gasteiger partial charge is 0.255 e. The summed E-state index contributed by atoms with van der Waals surface area (Å²) in [5, 5.41) is 19.0. The van der Waals surface area contributed by atoms with Crippen molar-refractivity contribution in [1.82, 2.24) is 34.9 Å². The number of rotatable bonds is 8. The Balaban J connectivity index is 1.23. The monoisotopic (exact) mass is 529 g/mol. The highest BCUT2D eigenvalue weighted by Gasteiger charge is 2.24. The van der Waals surface area contributed by atoms with Gasteiger partial charge in [0.25, 0.3) is 5.91 Å². The van der Waals surface area contributed by atoms with Crippen LogP contribution in [0, 0.1) is 0 Å². The first kappa shape index (κ1) is 24.9. The van der Waals surface area contributed by atoms with Crippen LogP contribution in [0.1, 0.15) is 34.7 Å². The standard InChI is InChI=1S/C27H27N7O5/c1-36-16-20-13-23(32-39-20)25-30-29-24-21-5-3-4-6-22(21)26(31-34(24)25)38-15-18-8-7-17(14-28-18)27(35)33-11-9-19(37-2)10-12-33/h3-8,13-14,19H,9-12,15-16H2,1-2H3. The molecule has 1 aromatic carbocycles. The average Bonchev–Trinajstić information content (AvgIpc) is 3.63. The molecule has 0 spiro atoms. The molecule has 6 rings (SSSR count). The molecule has 12 heteroatoms. The van der Waals surface area contributed by atoms with Crippen LogP contribution in [-0.2, 0) is 22.7 Å². The zero-order valence-corrected chi connectivity index (χ0v) is 21.6. The molecule has 5 aromatic rings. The number of piperidine rings is 1. The minimum atomic E-state index is -0.0238. The van der Waals surface area contributed by atoms with Gasteiger partial charge in [-0.2, -0.15) is 4.52 Å². The molecule has 12 nitrogen and oxygen atoms in total. The molecule has 0 aliphatic carbocycles. The Morgan fingerprint density at radius 3 is 2.62 bits per heavy atom. The van der Waals surface area contributed by atoms with E-state index in [1.54, 1.807) is 43.1 Å². The molecule has 1 amide bonds. The van der Waals surface area contributed by atoms with Crippen molar-refractivity contribution in [3.8, 4) is 17.4 Å². The second-order valence-corrected chi connectivity index (χ2v) is 9.28. The van der Waals surface area contributed by atoms with Crippen molar-refractivity contribution in [2.75, 3.05) is 27.3 Å². The number of aromatic nitrogens is 6. The zero-order chi connectivity index (χ0) is 26.8. The number of amides is 1. The van der Waals surface area contributed by atoms with E-state index in [9.17, 15) is 4.79 Å². The number of fused-ring (bicyclic) bond motifs is 3. The highest BCUT2D eigenvalue weighted by Crippen LogP contribution is 2.29. The van der Waals surface area contributed by atoms with Gasteiger partial charge in [0.1, 0.15) is 13.2 Å². The number of pyridine rings is 1. The lowest BCUT2D eigenvalue weighted by molar-refractivity contribution is 0.0350. The first-order valence-electron chi connectivity index (χ1n) is 12.6. The fraction of sp³-hybridized carbons (Fsp3) is 0.333. The Hall–Kier alpha value is -4.42. The normalized spacial score (nSPS) is 14.4. The molecule has 200 valence electrons. The maximum absolute atomic E-state index is 12.9. The lowest BCUT2D eigenvalue weighted by Crippen LogP contribution is -2.40. The number of ether oxygens (including phenoxy) is 3. The van der Waals surface area contributed by atoms with Crippen molar-refractivity contribution in [2.24, 2.45) is 0 Å². The minimum Gasteiger partial charge on any atom is -0.470 e.